The Kier molecular flexibility index (Phi) is 6.52. The number of nitrogens with zero attached hydrogens (tertiary/aromatic N) is 5. The molecule has 1 aliphatic heterocycles. The lowest BCUT2D eigenvalue weighted by Crippen LogP contribution is -2.34. The zero-order chi connectivity index (χ0) is 34.2. The Morgan fingerprint density at radius 1 is 1.05 bits per heavy atom. The molecule has 2 aromatic heterocycles. The molecular formula is C32H43N5O. The molecule has 0 atom stereocenters. The number of rotatable bonds is 12. The van der Waals surface area contributed by atoms with Crippen LogP contribution in [0.3, 0.4) is 0 Å². The Morgan fingerprint density at radius 3 is 2.32 bits per heavy atom. The van der Waals surface area contributed by atoms with Gasteiger partial charge in [0.25, 0.3) is 5.91 Å². The summed E-state index contributed by atoms with van der Waals surface area (Å²) in [5.41, 5.74) is 3.52. The van der Waals surface area contributed by atoms with E-state index in [0.717, 1.165) is 18.4 Å². The molecule has 1 fully saturated rings. The number of fused-ring (bicyclic) bond motifs is 1. The van der Waals surface area contributed by atoms with Gasteiger partial charge < -0.3 is 14.2 Å². The normalized spacial score (nSPS) is 22.4. The minimum Gasteiger partial charge on any atom is -0.339 e. The smallest absolute Gasteiger partial charge is 0.255 e. The van der Waals surface area contributed by atoms with Gasteiger partial charge in [0.15, 0.2) is 0 Å². The number of aromatic nitrogens is 2. The molecule has 0 unspecified atom stereocenters. The lowest BCUT2D eigenvalue weighted by atomic mass is 10.1. The fraction of sp³-hybridized carbons (Fsp3) is 0.531. The van der Waals surface area contributed by atoms with Gasteiger partial charge in [-0.15, -0.1) is 0 Å². The van der Waals surface area contributed by atoms with Crippen LogP contribution in [0.25, 0.3) is 16.9 Å². The van der Waals surface area contributed by atoms with Crippen molar-refractivity contribution >= 4 is 11.6 Å². The van der Waals surface area contributed by atoms with Crippen molar-refractivity contribution in [3.05, 3.63) is 59.4 Å². The monoisotopic (exact) mass is 521 g/mol. The van der Waals surface area contributed by atoms with Gasteiger partial charge >= 0.3 is 0 Å². The van der Waals surface area contributed by atoms with E-state index in [1.807, 2.05) is 9.30 Å². The molecule has 6 heteroatoms. The maximum Gasteiger partial charge on any atom is 0.255 e. The second-order valence-electron chi connectivity index (χ2n) is 10.6. The van der Waals surface area contributed by atoms with Crippen LogP contribution in [0.2, 0.25) is 0 Å². The van der Waals surface area contributed by atoms with Gasteiger partial charge in [-0.25, -0.2) is 4.98 Å². The quantitative estimate of drug-likeness (QED) is 0.275. The van der Waals surface area contributed by atoms with Gasteiger partial charge in [-0.1, -0.05) is 39.8 Å². The third-order valence-electron chi connectivity index (χ3n) is 6.73. The summed E-state index contributed by atoms with van der Waals surface area (Å²) >= 11 is 0. The molecule has 0 bridgehead atoms. The molecule has 0 radical (unpaired) electrons. The van der Waals surface area contributed by atoms with Crippen LogP contribution < -0.4 is 0 Å². The highest BCUT2D eigenvalue weighted by molar-refractivity contribution is 5.94. The zero-order valence-corrected chi connectivity index (χ0v) is 22.8. The number of amides is 1. The van der Waals surface area contributed by atoms with Crippen LogP contribution in [0, 0.1) is 23.2 Å². The highest BCUT2D eigenvalue weighted by Crippen LogP contribution is 2.27. The summed E-state index contributed by atoms with van der Waals surface area (Å²) in [6.07, 6.45) is -2.30. The van der Waals surface area contributed by atoms with Crippen molar-refractivity contribution in [2.75, 3.05) is 32.6 Å². The van der Waals surface area contributed by atoms with Crippen molar-refractivity contribution in [1.29, 1.82) is 5.26 Å². The van der Waals surface area contributed by atoms with E-state index in [1.165, 1.54) is 0 Å². The van der Waals surface area contributed by atoms with Crippen LogP contribution in [0.1, 0.15) is 92.3 Å². The van der Waals surface area contributed by atoms with Gasteiger partial charge in [0.1, 0.15) is 5.65 Å². The molecule has 1 amide bonds. The predicted octanol–water partition coefficient (Wildman–Crippen LogP) is 6.44. The fourth-order valence-electron chi connectivity index (χ4n) is 4.45. The average Bonchev–Trinajstić information content (AvgIpc) is 3.38. The molecule has 1 saturated heterocycles. The predicted molar refractivity (Wildman–Crippen MR) is 154 cm³/mol. The minimum absolute atomic E-state index is 0.0919. The highest BCUT2D eigenvalue weighted by atomic mass is 16.2. The average molecular weight is 522 g/mol. The summed E-state index contributed by atoms with van der Waals surface area (Å²) in [5.74, 6) is 0.779. The standard InChI is InChI=1S/C32H43N5O/c1-24(2)15-20-36(21-16-25(3)4)32(38)28-13-14-30-34-31(27-11-9-26(22-33)10-12-27)29(37(30)23-28)8-7-19-35-17-5-6-18-35/h9-14,23-25H,5-8,15-21H2,1-4H3/i5D2,6D2,17D2,18D2. The number of hydrogen-bond acceptors (Lipinski definition) is 4. The van der Waals surface area contributed by atoms with Crippen LogP contribution >= 0.6 is 0 Å². The number of benzene rings is 1. The van der Waals surface area contributed by atoms with E-state index in [-0.39, 0.29) is 25.3 Å². The maximum absolute atomic E-state index is 13.8. The molecule has 0 N–H and O–H groups in total. The second-order valence-corrected chi connectivity index (χ2v) is 10.6. The number of aryl methyl sites for hydroxylation is 1. The van der Waals surface area contributed by atoms with E-state index in [0.29, 0.717) is 58.0 Å². The molecule has 3 heterocycles. The second kappa shape index (κ2) is 13.1. The van der Waals surface area contributed by atoms with Crippen LogP contribution in [-0.4, -0.2) is 57.7 Å². The van der Waals surface area contributed by atoms with Crippen LogP contribution in [0.4, 0.5) is 0 Å². The first-order valence-electron chi connectivity index (χ1n) is 17.5. The van der Waals surface area contributed by atoms with Gasteiger partial charge in [-0.2, -0.15) is 5.26 Å². The summed E-state index contributed by atoms with van der Waals surface area (Å²) in [7, 11) is 0. The number of carbonyl (C=O) groups excluding carboxylic acids is 1. The number of hydrogen-bond donors (Lipinski definition) is 0. The highest BCUT2D eigenvalue weighted by Gasteiger charge is 2.20. The minimum atomic E-state index is -3.09. The first-order valence-corrected chi connectivity index (χ1v) is 13.5. The molecular weight excluding hydrogens is 470 g/mol. The van der Waals surface area contributed by atoms with Crippen molar-refractivity contribution in [1.82, 2.24) is 19.2 Å². The van der Waals surface area contributed by atoms with E-state index in [1.54, 1.807) is 42.6 Å². The van der Waals surface area contributed by atoms with Crippen LogP contribution in [-0.2, 0) is 6.42 Å². The van der Waals surface area contributed by atoms with E-state index in [2.05, 4.69) is 33.8 Å². The van der Waals surface area contributed by atoms with Gasteiger partial charge in [0.2, 0.25) is 0 Å². The van der Waals surface area contributed by atoms with Crippen molar-refractivity contribution in [3.63, 3.8) is 0 Å². The number of nitriles is 1. The van der Waals surface area contributed by atoms with Crippen LogP contribution in [0.15, 0.2) is 42.6 Å². The lowest BCUT2D eigenvalue weighted by Gasteiger charge is -2.24. The molecule has 0 aliphatic carbocycles. The third-order valence-corrected chi connectivity index (χ3v) is 6.73. The molecule has 4 rings (SSSR count). The number of carbonyl (C=O) groups is 1. The van der Waals surface area contributed by atoms with Gasteiger partial charge in [0.05, 0.1) is 28.6 Å². The van der Waals surface area contributed by atoms with Gasteiger partial charge in [-0.3, -0.25) is 4.79 Å². The topological polar surface area (TPSA) is 64.6 Å². The van der Waals surface area contributed by atoms with Crippen molar-refractivity contribution in [2.24, 2.45) is 11.8 Å². The fourth-order valence-corrected chi connectivity index (χ4v) is 4.45. The Bertz CT molecular complexity index is 1560. The summed E-state index contributed by atoms with van der Waals surface area (Å²) in [5, 5.41) is 9.29. The van der Waals surface area contributed by atoms with Gasteiger partial charge in [0, 0.05) is 35.8 Å². The van der Waals surface area contributed by atoms with Gasteiger partial charge in [-0.05, 0) is 94.1 Å². The SMILES string of the molecule is [2H]C1([2H])N(CCCc2c(-c3ccc(C#N)cc3)nc3ccc(C(=O)N(CCC(C)C)CCC(C)C)cn23)C([2H])([2H])C([2H])([2H])C1([2H])[2H]. The van der Waals surface area contributed by atoms with Crippen molar-refractivity contribution in [2.45, 2.75) is 66.1 Å². The number of imidazole rings is 1. The van der Waals surface area contributed by atoms with E-state index in [9.17, 15) is 10.1 Å². The molecule has 3 aromatic rings. The summed E-state index contributed by atoms with van der Waals surface area (Å²) in [6, 6.07) is 12.5. The first kappa shape index (κ1) is 19.0. The van der Waals surface area contributed by atoms with Crippen LogP contribution in [0.5, 0.6) is 0 Å². The molecule has 1 aromatic carbocycles. The molecule has 1 aliphatic rings. The van der Waals surface area contributed by atoms with E-state index >= 15 is 0 Å². The van der Waals surface area contributed by atoms with E-state index in [4.69, 9.17) is 16.0 Å². The van der Waals surface area contributed by atoms with E-state index < -0.39 is 25.7 Å². The zero-order valence-electron chi connectivity index (χ0n) is 30.8. The Balaban J connectivity index is 1.72. The maximum atomic E-state index is 13.8. The van der Waals surface area contributed by atoms with Crippen molar-refractivity contribution < 1.29 is 15.8 Å². The number of likely N-dealkylation sites (tertiary alicyclic amines) is 1. The third kappa shape index (κ3) is 7.02. The Hall–Kier alpha value is -3.17. The van der Waals surface area contributed by atoms with Crippen molar-refractivity contribution in [3.8, 4) is 17.3 Å². The first-order chi connectivity index (χ1) is 21.4. The molecule has 6 nitrogen and oxygen atoms in total. The largest absolute Gasteiger partial charge is 0.339 e. The summed E-state index contributed by atoms with van der Waals surface area (Å²) in [6.45, 7) is 3.71. The lowest BCUT2D eigenvalue weighted by molar-refractivity contribution is 0.0740. The summed E-state index contributed by atoms with van der Waals surface area (Å²) < 4.78 is 67.6. The Morgan fingerprint density at radius 2 is 1.71 bits per heavy atom. The Labute approximate surface area is 239 Å². The molecule has 38 heavy (non-hydrogen) atoms. The molecule has 0 saturated carbocycles. The summed E-state index contributed by atoms with van der Waals surface area (Å²) in [4.78, 5) is 21.2. The molecule has 202 valence electrons. The number of pyridine rings is 1. The molecule has 0 spiro atoms.